The first-order valence-corrected chi connectivity index (χ1v) is 4.08. The van der Waals surface area contributed by atoms with E-state index >= 15 is 0 Å². The van der Waals surface area contributed by atoms with Gasteiger partial charge in [-0.05, 0) is 18.4 Å². The van der Waals surface area contributed by atoms with Gasteiger partial charge in [-0.3, -0.25) is 0 Å². The number of cyclic esters (lactones) is 1. The van der Waals surface area contributed by atoms with Gasteiger partial charge in [0.15, 0.2) is 0 Å². The number of nitriles is 1. The molecular weight excluding hydrogens is 154 g/mol. The van der Waals surface area contributed by atoms with Crippen LogP contribution in [0.1, 0.15) is 26.7 Å². The van der Waals surface area contributed by atoms with Crippen molar-refractivity contribution in [1.29, 1.82) is 5.26 Å². The van der Waals surface area contributed by atoms with E-state index in [1.54, 1.807) is 0 Å². The summed E-state index contributed by atoms with van der Waals surface area (Å²) >= 11 is 0. The van der Waals surface area contributed by atoms with Crippen molar-refractivity contribution in [1.82, 2.24) is 0 Å². The van der Waals surface area contributed by atoms with E-state index in [2.05, 4.69) is 0 Å². The SMILES string of the molecule is CCC1=C(C#N)C(=O)OC1CC. The van der Waals surface area contributed by atoms with Gasteiger partial charge in [0.1, 0.15) is 17.7 Å². The van der Waals surface area contributed by atoms with Crippen molar-refractivity contribution in [3.05, 3.63) is 11.1 Å². The fourth-order valence-corrected chi connectivity index (χ4v) is 1.40. The van der Waals surface area contributed by atoms with Gasteiger partial charge in [-0.15, -0.1) is 0 Å². The Morgan fingerprint density at radius 2 is 2.25 bits per heavy atom. The zero-order valence-electron chi connectivity index (χ0n) is 7.26. The third-order valence-corrected chi connectivity index (χ3v) is 2.03. The molecule has 0 aromatic rings. The highest BCUT2D eigenvalue weighted by Crippen LogP contribution is 2.26. The van der Waals surface area contributed by atoms with Crippen LogP contribution in [0.2, 0.25) is 0 Å². The molecule has 0 aliphatic carbocycles. The van der Waals surface area contributed by atoms with E-state index in [9.17, 15) is 4.79 Å². The number of carbonyl (C=O) groups excluding carboxylic acids is 1. The molecule has 1 unspecified atom stereocenters. The summed E-state index contributed by atoms with van der Waals surface area (Å²) in [5.74, 6) is -0.457. The molecule has 0 saturated carbocycles. The average Bonchev–Trinajstić information content (AvgIpc) is 2.40. The first-order valence-electron chi connectivity index (χ1n) is 4.08. The van der Waals surface area contributed by atoms with Gasteiger partial charge in [-0.25, -0.2) is 4.79 Å². The van der Waals surface area contributed by atoms with Crippen LogP contribution in [0.25, 0.3) is 0 Å². The normalized spacial score (nSPS) is 22.4. The Hall–Kier alpha value is -1.30. The van der Waals surface area contributed by atoms with Crippen molar-refractivity contribution in [2.24, 2.45) is 0 Å². The number of carbonyl (C=O) groups is 1. The largest absolute Gasteiger partial charge is 0.454 e. The number of esters is 1. The molecule has 0 bridgehead atoms. The quantitative estimate of drug-likeness (QED) is 0.583. The first-order chi connectivity index (χ1) is 5.74. The molecule has 0 aromatic carbocycles. The molecule has 0 spiro atoms. The summed E-state index contributed by atoms with van der Waals surface area (Å²) < 4.78 is 4.98. The van der Waals surface area contributed by atoms with Crippen molar-refractivity contribution in [2.75, 3.05) is 0 Å². The molecule has 1 atom stereocenters. The highest BCUT2D eigenvalue weighted by atomic mass is 16.5. The smallest absolute Gasteiger partial charge is 0.349 e. The lowest BCUT2D eigenvalue weighted by Gasteiger charge is -2.08. The predicted molar refractivity (Wildman–Crippen MR) is 43.1 cm³/mol. The van der Waals surface area contributed by atoms with Crippen LogP contribution in [0.5, 0.6) is 0 Å². The second-order valence-corrected chi connectivity index (χ2v) is 2.67. The number of rotatable bonds is 2. The van der Waals surface area contributed by atoms with Crippen LogP contribution in [0.15, 0.2) is 11.1 Å². The number of hydrogen-bond acceptors (Lipinski definition) is 3. The molecule has 64 valence electrons. The van der Waals surface area contributed by atoms with Gasteiger partial charge in [0.2, 0.25) is 0 Å². The van der Waals surface area contributed by atoms with E-state index in [1.165, 1.54) is 0 Å². The maximum absolute atomic E-state index is 11.0. The molecule has 0 saturated heterocycles. The van der Waals surface area contributed by atoms with Gasteiger partial charge in [-0.1, -0.05) is 13.8 Å². The number of nitrogens with zero attached hydrogens (tertiary/aromatic N) is 1. The minimum absolute atomic E-state index is 0.155. The fraction of sp³-hybridized carbons (Fsp3) is 0.556. The standard InChI is InChI=1S/C9H11NO2/c1-3-6-7(5-10)9(11)12-8(6)4-2/h8H,3-4H2,1-2H3. The van der Waals surface area contributed by atoms with E-state index < -0.39 is 5.97 Å². The fourth-order valence-electron chi connectivity index (χ4n) is 1.40. The van der Waals surface area contributed by atoms with E-state index in [0.717, 1.165) is 12.0 Å². The van der Waals surface area contributed by atoms with Crippen molar-refractivity contribution >= 4 is 5.97 Å². The minimum atomic E-state index is -0.457. The molecule has 0 aromatic heterocycles. The average molecular weight is 165 g/mol. The maximum atomic E-state index is 11.0. The summed E-state index contributed by atoms with van der Waals surface area (Å²) in [7, 11) is 0. The van der Waals surface area contributed by atoms with Gasteiger partial charge < -0.3 is 4.74 Å². The Balaban J connectivity index is 3.01. The molecule has 1 heterocycles. The monoisotopic (exact) mass is 165 g/mol. The highest BCUT2D eigenvalue weighted by molar-refractivity contribution is 5.96. The van der Waals surface area contributed by atoms with E-state index in [4.69, 9.17) is 10.00 Å². The van der Waals surface area contributed by atoms with Crippen LogP contribution >= 0.6 is 0 Å². The Bertz CT molecular complexity index is 273. The maximum Gasteiger partial charge on any atom is 0.349 e. The molecule has 3 heteroatoms. The minimum Gasteiger partial charge on any atom is -0.454 e. The van der Waals surface area contributed by atoms with Gasteiger partial charge in [-0.2, -0.15) is 5.26 Å². The number of ether oxygens (including phenoxy) is 1. The van der Waals surface area contributed by atoms with Crippen LogP contribution in [0.4, 0.5) is 0 Å². The Kier molecular flexibility index (Phi) is 2.49. The highest BCUT2D eigenvalue weighted by Gasteiger charge is 2.31. The van der Waals surface area contributed by atoms with Gasteiger partial charge in [0, 0.05) is 0 Å². The lowest BCUT2D eigenvalue weighted by molar-refractivity contribution is -0.139. The first kappa shape index (κ1) is 8.79. The lowest BCUT2D eigenvalue weighted by atomic mass is 10.0. The van der Waals surface area contributed by atoms with Crippen molar-refractivity contribution in [2.45, 2.75) is 32.8 Å². The molecule has 12 heavy (non-hydrogen) atoms. The molecular formula is C9H11NO2. The predicted octanol–water partition coefficient (Wildman–Crippen LogP) is 1.55. The Morgan fingerprint density at radius 1 is 1.58 bits per heavy atom. The van der Waals surface area contributed by atoms with Crippen molar-refractivity contribution < 1.29 is 9.53 Å². The van der Waals surface area contributed by atoms with E-state index in [1.807, 2.05) is 19.9 Å². The second-order valence-electron chi connectivity index (χ2n) is 2.67. The van der Waals surface area contributed by atoms with Crippen LogP contribution in [-0.4, -0.2) is 12.1 Å². The van der Waals surface area contributed by atoms with E-state index in [-0.39, 0.29) is 11.7 Å². The molecule has 1 rings (SSSR count). The topological polar surface area (TPSA) is 50.1 Å². The lowest BCUT2D eigenvalue weighted by Crippen LogP contribution is -2.09. The Labute approximate surface area is 71.6 Å². The van der Waals surface area contributed by atoms with Crippen LogP contribution in [0, 0.1) is 11.3 Å². The zero-order valence-corrected chi connectivity index (χ0v) is 7.26. The molecule has 1 aliphatic heterocycles. The summed E-state index contributed by atoms with van der Waals surface area (Å²) in [4.78, 5) is 11.0. The number of hydrogen-bond donors (Lipinski definition) is 0. The van der Waals surface area contributed by atoms with Crippen LogP contribution in [-0.2, 0) is 9.53 Å². The molecule has 3 nitrogen and oxygen atoms in total. The molecule has 0 N–H and O–H groups in total. The molecule has 1 aliphatic rings. The Morgan fingerprint density at radius 3 is 2.67 bits per heavy atom. The van der Waals surface area contributed by atoms with Crippen LogP contribution < -0.4 is 0 Å². The summed E-state index contributed by atoms with van der Waals surface area (Å²) in [6, 6.07) is 1.88. The summed E-state index contributed by atoms with van der Waals surface area (Å²) in [5, 5.41) is 8.64. The molecule has 0 amide bonds. The second kappa shape index (κ2) is 3.40. The van der Waals surface area contributed by atoms with Gasteiger partial charge >= 0.3 is 5.97 Å². The van der Waals surface area contributed by atoms with Gasteiger partial charge in [0.25, 0.3) is 0 Å². The zero-order chi connectivity index (χ0) is 9.14. The summed E-state index contributed by atoms with van der Waals surface area (Å²) in [6.45, 7) is 3.87. The molecule has 0 fully saturated rings. The van der Waals surface area contributed by atoms with Crippen molar-refractivity contribution in [3.63, 3.8) is 0 Å². The third-order valence-electron chi connectivity index (χ3n) is 2.03. The summed E-state index contributed by atoms with van der Waals surface area (Å²) in [6.07, 6.45) is 1.31. The van der Waals surface area contributed by atoms with Crippen LogP contribution in [0.3, 0.4) is 0 Å². The summed E-state index contributed by atoms with van der Waals surface area (Å²) in [5.41, 5.74) is 1.06. The molecule has 0 radical (unpaired) electrons. The van der Waals surface area contributed by atoms with Crippen molar-refractivity contribution in [3.8, 4) is 6.07 Å². The van der Waals surface area contributed by atoms with Gasteiger partial charge in [0.05, 0.1) is 0 Å². The third kappa shape index (κ3) is 1.20. The van der Waals surface area contributed by atoms with E-state index in [0.29, 0.717) is 6.42 Å².